The smallest absolute Gasteiger partial charge is 0.368 e. The number of rotatable bonds is 37. The topological polar surface area (TPSA) is 288 Å². The van der Waals surface area contributed by atoms with Crippen molar-refractivity contribution in [1.82, 2.24) is 5.32 Å². The average molecular weight is 1540 g/mol. The van der Waals surface area contributed by atoms with Crippen LogP contribution in [0.5, 0.6) is 0 Å². The summed E-state index contributed by atoms with van der Waals surface area (Å²) in [6, 6.07) is 51.9. The van der Waals surface area contributed by atoms with Crippen LogP contribution in [0.4, 0.5) is 0 Å². The lowest BCUT2D eigenvalue weighted by Crippen LogP contribution is -2.75. The fourth-order valence-electron chi connectivity index (χ4n) is 13.1. The first-order chi connectivity index (χ1) is 52.3. The van der Waals surface area contributed by atoms with Gasteiger partial charge in [-0.05, 0) is 59.3 Å². The number of amides is 1. The van der Waals surface area contributed by atoms with E-state index >= 15 is 4.79 Å². The standard InChI is InChI=1S/C82H101NO24SSi/c1-51-38-39-67(52(2)42-51)108-78-73(103-58(8)89)68(83-53(3)84)72(69(101-56(6)87)65(100-55(5)86)49-94-54(4)85)107-82(78,81(90)91-9)99-50-66-70(102-57(7)88)74(95-44-60-30-20-14-21-31-60)77(98-47-63-36-26-17-27-37-63)80(105-66)106-71-64(48-92-43-59-28-18-13-19-29-59)104-79(93-40-41-109(10,11)12)76(97-46-62-34-24-16-25-35-62)75(71)96-45-61-32-22-15-23-33-61/h13-39,42,64-66,68-80H,40-41,43-50H2,1-12H3,(H,83,84)/t64-,65-,66-,68+,69-,70+,71-,72-,73-,74+,75+,76-,77-,78+,79-,80+,82-/m1/s1. The van der Waals surface area contributed by atoms with Gasteiger partial charge in [0, 0.05) is 61.1 Å². The molecule has 0 bridgehead atoms. The molecule has 3 heterocycles. The van der Waals surface area contributed by atoms with E-state index in [1.807, 2.05) is 178 Å². The highest BCUT2D eigenvalue weighted by molar-refractivity contribution is 8.00. The maximum Gasteiger partial charge on any atom is 0.368 e. The Kier molecular flexibility index (Phi) is 32.0. The summed E-state index contributed by atoms with van der Waals surface area (Å²) in [7, 11) is -0.695. The molecule has 3 aliphatic heterocycles. The molecule has 27 heteroatoms. The predicted octanol–water partition coefficient (Wildman–Crippen LogP) is 10.6. The Bertz CT molecular complexity index is 3880. The van der Waals surface area contributed by atoms with E-state index in [0.717, 1.165) is 87.4 Å². The Labute approximate surface area is 642 Å². The van der Waals surface area contributed by atoms with Gasteiger partial charge in [0.1, 0.15) is 66.8 Å². The van der Waals surface area contributed by atoms with Crippen LogP contribution in [0.2, 0.25) is 25.7 Å². The number of hydrogen-bond acceptors (Lipinski definition) is 25. The maximum absolute atomic E-state index is 15.9. The molecule has 0 saturated carbocycles. The van der Waals surface area contributed by atoms with E-state index < -0.39 is 166 Å². The van der Waals surface area contributed by atoms with Crippen LogP contribution in [-0.2, 0) is 147 Å². The van der Waals surface area contributed by atoms with Crippen LogP contribution in [0.25, 0.3) is 0 Å². The second kappa shape index (κ2) is 41.1. The highest BCUT2D eigenvalue weighted by atomic mass is 32.2. The highest BCUT2D eigenvalue weighted by Gasteiger charge is 2.67. The van der Waals surface area contributed by atoms with Crippen molar-refractivity contribution in [3.8, 4) is 0 Å². The number of carbonyl (C=O) groups excluding carboxylic acids is 7. The maximum atomic E-state index is 15.9. The van der Waals surface area contributed by atoms with E-state index in [4.69, 9.17) is 80.5 Å². The van der Waals surface area contributed by atoms with Crippen molar-refractivity contribution in [2.75, 3.05) is 33.5 Å². The van der Waals surface area contributed by atoms with Gasteiger partial charge in [-0.1, -0.05) is 189 Å². The molecule has 1 amide bonds. The number of benzene rings is 6. The fourth-order valence-corrected chi connectivity index (χ4v) is 15.2. The fraction of sp³-hybridized carbons (Fsp3) is 0.476. The van der Waals surface area contributed by atoms with Gasteiger partial charge in [-0.25, -0.2) is 4.79 Å². The lowest BCUT2D eigenvalue weighted by Gasteiger charge is -2.53. The molecular weight excluding hydrogens is 1440 g/mol. The van der Waals surface area contributed by atoms with Gasteiger partial charge in [-0.15, -0.1) is 11.8 Å². The summed E-state index contributed by atoms with van der Waals surface area (Å²) in [5.74, 6) is -9.54. The van der Waals surface area contributed by atoms with E-state index in [1.54, 1.807) is 6.07 Å². The quantitative estimate of drug-likeness (QED) is 0.0215. The molecule has 3 saturated heterocycles. The number of hydrogen-bond donors (Lipinski definition) is 1. The highest BCUT2D eigenvalue weighted by Crippen LogP contribution is 2.47. The molecule has 3 fully saturated rings. The van der Waals surface area contributed by atoms with Gasteiger partial charge in [0.2, 0.25) is 5.91 Å². The molecule has 9 rings (SSSR count). The molecule has 588 valence electrons. The van der Waals surface area contributed by atoms with Crippen molar-refractivity contribution in [2.45, 2.75) is 222 Å². The number of aryl methyl sites for hydroxylation is 2. The molecule has 3 aliphatic rings. The largest absolute Gasteiger partial charge is 0.465 e. The summed E-state index contributed by atoms with van der Waals surface area (Å²) in [6.45, 7) is 15.6. The number of methoxy groups -OCH3 is 1. The molecule has 17 atom stereocenters. The van der Waals surface area contributed by atoms with E-state index in [1.165, 1.54) is 6.92 Å². The number of nitrogens with one attached hydrogen (secondary N) is 1. The number of ether oxygens (including phenoxy) is 17. The van der Waals surface area contributed by atoms with E-state index in [-0.39, 0.29) is 39.6 Å². The molecule has 0 aromatic heterocycles. The molecule has 6 aromatic carbocycles. The van der Waals surface area contributed by atoms with Crippen molar-refractivity contribution in [1.29, 1.82) is 0 Å². The molecule has 0 unspecified atom stereocenters. The Morgan fingerprint density at radius 1 is 0.514 bits per heavy atom. The van der Waals surface area contributed by atoms with Crippen molar-refractivity contribution in [3.05, 3.63) is 209 Å². The molecule has 6 aromatic rings. The van der Waals surface area contributed by atoms with Gasteiger partial charge in [-0.3, -0.25) is 28.8 Å². The summed E-state index contributed by atoms with van der Waals surface area (Å²) < 4.78 is 114. The van der Waals surface area contributed by atoms with Gasteiger partial charge in [0.15, 0.2) is 30.9 Å². The van der Waals surface area contributed by atoms with Crippen molar-refractivity contribution in [3.63, 3.8) is 0 Å². The normalized spacial score (nSPS) is 25.3. The number of esters is 6. The van der Waals surface area contributed by atoms with Gasteiger partial charge in [-0.2, -0.15) is 0 Å². The van der Waals surface area contributed by atoms with Crippen LogP contribution in [0.3, 0.4) is 0 Å². The first-order valence-electron chi connectivity index (χ1n) is 36.3. The van der Waals surface area contributed by atoms with Crippen molar-refractivity contribution in [2.24, 2.45) is 0 Å². The molecule has 0 radical (unpaired) electrons. The molecular formula is C82H101NO24SSi. The first kappa shape index (κ1) is 84.8. The third kappa shape index (κ3) is 24.9. The Hall–Kier alpha value is -8.26. The summed E-state index contributed by atoms with van der Waals surface area (Å²) in [4.78, 5) is 97.6. The van der Waals surface area contributed by atoms with E-state index in [0.29, 0.717) is 22.6 Å². The minimum atomic E-state index is -2.96. The summed E-state index contributed by atoms with van der Waals surface area (Å²) >= 11 is 0.945. The van der Waals surface area contributed by atoms with Gasteiger partial charge < -0.3 is 85.8 Å². The van der Waals surface area contributed by atoms with Crippen LogP contribution in [0.1, 0.15) is 80.5 Å². The summed E-state index contributed by atoms with van der Waals surface area (Å²) in [5.41, 5.74) is 5.45. The van der Waals surface area contributed by atoms with Crippen LogP contribution < -0.4 is 5.32 Å². The van der Waals surface area contributed by atoms with Crippen LogP contribution >= 0.6 is 11.8 Å². The Morgan fingerprint density at radius 2 is 0.982 bits per heavy atom. The molecule has 25 nitrogen and oxygen atoms in total. The number of carbonyl (C=O) groups is 7. The van der Waals surface area contributed by atoms with E-state index in [9.17, 15) is 28.8 Å². The first-order valence-corrected chi connectivity index (χ1v) is 40.9. The molecule has 0 aliphatic carbocycles. The summed E-state index contributed by atoms with van der Waals surface area (Å²) in [5, 5.41) is 1.13. The second-order valence-electron chi connectivity index (χ2n) is 28.2. The van der Waals surface area contributed by atoms with Crippen molar-refractivity contribution < 1.29 is 114 Å². The van der Waals surface area contributed by atoms with Crippen LogP contribution in [-0.4, -0.2) is 186 Å². The van der Waals surface area contributed by atoms with Gasteiger partial charge in [0.25, 0.3) is 5.79 Å². The predicted molar refractivity (Wildman–Crippen MR) is 400 cm³/mol. The zero-order chi connectivity index (χ0) is 78.2. The second-order valence-corrected chi connectivity index (χ2v) is 35.0. The average Bonchev–Trinajstić information content (AvgIpc) is 0.732. The van der Waals surface area contributed by atoms with E-state index in [2.05, 4.69) is 25.0 Å². The minimum Gasteiger partial charge on any atom is -0.465 e. The third-order valence-electron chi connectivity index (χ3n) is 18.1. The van der Waals surface area contributed by atoms with Crippen molar-refractivity contribution >= 4 is 61.6 Å². The van der Waals surface area contributed by atoms with Crippen LogP contribution in [0, 0.1) is 13.8 Å². The lowest BCUT2D eigenvalue weighted by atomic mass is 9.87. The SMILES string of the molecule is COC(=O)[C@]1(OC[C@H]2O[C@@H](O[C@H]3[C@H](OCc4ccccc4)[C@@H](OCc4ccccc4)[C@H](OCC[Si](C)(C)C)O[C@@H]3COCc3ccccc3)[C@H](OCc3ccccc3)[C@@H](OCc3ccccc3)[C@H]2OC(C)=O)O[C@@H]([C@H](OC(C)=O)[C@@H](COC(C)=O)OC(C)=O)[C@H](NC(C)=O)[C@@H](OC(C)=O)[C@@H]1Sc1ccc(C)cc1C. The van der Waals surface area contributed by atoms with Gasteiger partial charge in [0.05, 0.1) is 59.4 Å². The zero-order valence-electron chi connectivity index (χ0n) is 63.7. The third-order valence-corrected chi connectivity index (χ3v) is 21.3. The Balaban J connectivity index is 1.27. The molecule has 109 heavy (non-hydrogen) atoms. The molecule has 1 N–H and O–H groups in total. The number of thioether (sulfide) groups is 1. The van der Waals surface area contributed by atoms with Gasteiger partial charge >= 0.3 is 35.8 Å². The summed E-state index contributed by atoms with van der Waals surface area (Å²) in [6.07, 6.45) is -20.7. The molecule has 0 spiro atoms. The monoisotopic (exact) mass is 1540 g/mol. The van der Waals surface area contributed by atoms with Crippen LogP contribution in [0.15, 0.2) is 175 Å². The lowest BCUT2D eigenvalue weighted by molar-refractivity contribution is -0.380. The Morgan fingerprint density at radius 3 is 1.45 bits per heavy atom. The zero-order valence-corrected chi connectivity index (χ0v) is 65.5. The minimum absolute atomic E-state index is 0.0295.